The number of nitrogens with two attached hydrogens (primary N) is 1. The summed E-state index contributed by atoms with van der Waals surface area (Å²) in [7, 11) is 1.28. The Morgan fingerprint density at radius 2 is 2.05 bits per heavy atom. The minimum absolute atomic E-state index is 0.0659. The molecule has 2 aromatic heterocycles. The maximum absolute atomic E-state index is 13.0. The molecule has 41 heavy (non-hydrogen) atoms. The molecule has 6 N–H and O–H groups in total. The van der Waals surface area contributed by atoms with E-state index in [9.17, 15) is 24.3 Å². The number of nitrogens with one attached hydrogen (secondary N) is 2. The molecule has 218 valence electrons. The number of carboxylic acids is 2. The average molecular weight is 623 g/mol. The number of fused-ring (bicyclic) bond motifs is 1. The molecule has 4 rings (SSSR count). The monoisotopic (exact) mass is 622 g/mol. The summed E-state index contributed by atoms with van der Waals surface area (Å²) in [5.41, 5.74) is 9.42. The first-order chi connectivity index (χ1) is 19.7. The number of anilines is 1. The van der Waals surface area contributed by atoms with E-state index in [1.54, 1.807) is 10.1 Å². The highest BCUT2D eigenvalue weighted by Crippen LogP contribution is 2.41. The molecule has 0 bridgehead atoms. The number of amides is 2. The third kappa shape index (κ3) is 7.28. The van der Waals surface area contributed by atoms with Gasteiger partial charge in [-0.15, -0.1) is 34.9 Å². The van der Waals surface area contributed by atoms with Crippen molar-refractivity contribution in [2.75, 3.05) is 36.3 Å². The number of nitrogens with zero attached hydrogens (tertiary/aromatic N) is 4. The topological polar surface area (TPSA) is 200 Å². The molecule has 2 atom stereocenters. The fourth-order valence-electron chi connectivity index (χ4n) is 4.09. The van der Waals surface area contributed by atoms with Crippen LogP contribution in [0, 0.1) is 0 Å². The van der Waals surface area contributed by atoms with E-state index in [4.69, 9.17) is 15.7 Å². The maximum atomic E-state index is 13.0. The summed E-state index contributed by atoms with van der Waals surface area (Å²) in [6, 6.07) is 2.82. The summed E-state index contributed by atoms with van der Waals surface area (Å²) in [5.74, 6) is -2.49. The van der Waals surface area contributed by atoms with Crippen LogP contribution in [0.3, 0.4) is 0 Å². The van der Waals surface area contributed by atoms with Gasteiger partial charge in [-0.1, -0.05) is 9.83 Å². The molecule has 4 heterocycles. The number of thiazole rings is 1. The Kier molecular flexibility index (Phi) is 10.1. The zero-order valence-electron chi connectivity index (χ0n) is 21.8. The molecule has 1 saturated heterocycles. The number of oxime groups is 1. The van der Waals surface area contributed by atoms with E-state index in [0.29, 0.717) is 30.0 Å². The number of hydrogen-bond donors (Lipinski definition) is 5. The zero-order valence-corrected chi connectivity index (χ0v) is 24.3. The highest BCUT2D eigenvalue weighted by Gasteiger charge is 2.54. The normalized spacial score (nSPS) is 18.4. The Morgan fingerprint density at radius 1 is 1.29 bits per heavy atom. The lowest BCUT2D eigenvalue weighted by Gasteiger charge is -2.49. The first-order valence-electron chi connectivity index (χ1n) is 12.3. The van der Waals surface area contributed by atoms with Gasteiger partial charge in [-0.05, 0) is 18.4 Å². The smallest absolute Gasteiger partial charge is 0.352 e. The van der Waals surface area contributed by atoms with Gasteiger partial charge in [-0.2, -0.15) is 5.43 Å². The van der Waals surface area contributed by atoms with Gasteiger partial charge in [0.05, 0.1) is 6.54 Å². The van der Waals surface area contributed by atoms with Gasteiger partial charge in [0.15, 0.2) is 10.8 Å². The van der Waals surface area contributed by atoms with Crippen molar-refractivity contribution in [2.45, 2.75) is 35.6 Å². The largest absolute Gasteiger partial charge is 0.481 e. The Balaban J connectivity index is 1.35. The van der Waals surface area contributed by atoms with Crippen LogP contribution in [0.2, 0.25) is 0 Å². The van der Waals surface area contributed by atoms with Crippen LogP contribution in [0.4, 0.5) is 5.13 Å². The molecular weight excluding hydrogens is 595 g/mol. The van der Waals surface area contributed by atoms with Gasteiger partial charge in [0.2, 0.25) is 12.4 Å². The number of carboxylic acid groups (broad SMARTS) is 2. The fourth-order valence-corrected chi connectivity index (χ4v) is 7.01. The van der Waals surface area contributed by atoms with Crippen LogP contribution in [0.5, 0.6) is 0 Å². The predicted molar refractivity (Wildman–Crippen MR) is 153 cm³/mol. The number of rotatable bonds is 14. The highest BCUT2D eigenvalue weighted by atomic mass is 32.2. The molecule has 0 spiro atoms. The van der Waals surface area contributed by atoms with Crippen LogP contribution in [0.15, 0.2) is 51.2 Å². The summed E-state index contributed by atoms with van der Waals surface area (Å²) in [6.45, 7) is 0.628. The minimum Gasteiger partial charge on any atom is -0.481 e. The first kappa shape index (κ1) is 30.1. The molecule has 2 aliphatic rings. The number of nitrogen functional groups attached to an aromatic ring is 1. The van der Waals surface area contributed by atoms with Crippen molar-refractivity contribution in [1.29, 1.82) is 0 Å². The number of carbonyl (C=O) groups is 4. The number of aromatic nitrogens is 2. The summed E-state index contributed by atoms with van der Waals surface area (Å²) in [5, 5.41) is 26.2. The molecule has 2 aromatic rings. The Hall–Kier alpha value is -3.83. The molecular formula is C24H28N7O7S3+. The molecule has 0 radical (unpaired) electrons. The lowest BCUT2D eigenvalue weighted by molar-refractivity contribution is -0.650. The van der Waals surface area contributed by atoms with Crippen LogP contribution in [-0.2, 0) is 24.0 Å². The first-order valence-corrected chi connectivity index (χ1v) is 15.2. The van der Waals surface area contributed by atoms with Crippen molar-refractivity contribution in [3.05, 3.63) is 46.9 Å². The van der Waals surface area contributed by atoms with E-state index in [-0.39, 0.29) is 28.7 Å². The Bertz CT molecular complexity index is 1380. The van der Waals surface area contributed by atoms with E-state index in [1.165, 1.54) is 35.5 Å². The third-order valence-electron chi connectivity index (χ3n) is 6.02. The molecule has 17 heteroatoms. The van der Waals surface area contributed by atoms with Gasteiger partial charge in [0.25, 0.3) is 11.8 Å². The number of thioether (sulfide) groups is 2. The summed E-state index contributed by atoms with van der Waals surface area (Å²) in [6.07, 6.45) is 5.11. The van der Waals surface area contributed by atoms with Crippen molar-refractivity contribution < 1.29 is 38.9 Å². The number of aliphatic carboxylic acids is 2. The van der Waals surface area contributed by atoms with Crippen LogP contribution >= 0.6 is 34.9 Å². The van der Waals surface area contributed by atoms with Crippen LogP contribution in [0.1, 0.15) is 25.0 Å². The van der Waals surface area contributed by atoms with E-state index < -0.39 is 35.2 Å². The van der Waals surface area contributed by atoms with E-state index in [2.05, 4.69) is 20.9 Å². The molecule has 2 aliphatic heterocycles. The van der Waals surface area contributed by atoms with Gasteiger partial charge in [0, 0.05) is 40.3 Å². The molecule has 1 fully saturated rings. The molecule has 2 amide bonds. The molecule has 0 aliphatic carbocycles. The van der Waals surface area contributed by atoms with Gasteiger partial charge in [-0.25, -0.2) is 9.78 Å². The summed E-state index contributed by atoms with van der Waals surface area (Å²) in [4.78, 5) is 59.6. The van der Waals surface area contributed by atoms with Crippen molar-refractivity contribution in [2.24, 2.45) is 5.16 Å². The molecule has 14 nitrogen and oxygen atoms in total. The van der Waals surface area contributed by atoms with Gasteiger partial charge < -0.3 is 26.1 Å². The van der Waals surface area contributed by atoms with Crippen molar-refractivity contribution in [1.82, 2.24) is 15.2 Å². The van der Waals surface area contributed by atoms with Crippen molar-refractivity contribution in [3.8, 4) is 0 Å². The van der Waals surface area contributed by atoms with Crippen molar-refractivity contribution >= 4 is 69.5 Å². The molecule has 0 aromatic carbocycles. The number of pyridine rings is 1. The zero-order chi connectivity index (χ0) is 29.5. The van der Waals surface area contributed by atoms with Crippen LogP contribution < -0.4 is 21.2 Å². The van der Waals surface area contributed by atoms with Crippen LogP contribution in [-0.4, -0.2) is 86.1 Å². The summed E-state index contributed by atoms with van der Waals surface area (Å²) < 4.78 is 1.77. The number of hydrogen-bond acceptors (Lipinski definition) is 12. The van der Waals surface area contributed by atoms with Crippen LogP contribution in [0.25, 0.3) is 0 Å². The predicted octanol–water partition coefficient (Wildman–Crippen LogP) is 0.693. The van der Waals surface area contributed by atoms with Crippen molar-refractivity contribution in [3.63, 3.8) is 0 Å². The molecule has 0 saturated carbocycles. The lowest BCUT2D eigenvalue weighted by atomic mass is 10.0. The SMILES string of the molecule is CO/N=C(\C(=O)N[C@@H]1C(=O)N2C(C(=O)O)=C(CSc3cc[n+](NCCCCC(=O)O)cc3)CS[C@H]12)c1csc(N)n1. The second-order valence-electron chi connectivity index (χ2n) is 8.80. The quantitative estimate of drug-likeness (QED) is 0.0494. The maximum Gasteiger partial charge on any atom is 0.352 e. The number of carbonyl (C=O) groups excluding carboxylic acids is 2. The van der Waals surface area contributed by atoms with Gasteiger partial charge >= 0.3 is 11.9 Å². The van der Waals surface area contributed by atoms with Gasteiger partial charge in [-0.3, -0.25) is 19.3 Å². The third-order valence-corrected chi connectivity index (χ3v) is 9.13. The van der Waals surface area contributed by atoms with E-state index in [0.717, 1.165) is 22.7 Å². The summed E-state index contributed by atoms with van der Waals surface area (Å²) >= 11 is 3.94. The lowest BCUT2D eigenvalue weighted by Crippen LogP contribution is -2.71. The standard InChI is InChI=1S/C24H27N7O7S3/c1-38-29-17(15-12-41-24(25)27-15)20(34)28-18-21(35)31-19(23(36)37)13(11-40-22(18)31)10-39-14-5-8-30(9-6-14)26-7-3-2-4-16(32)33/h5-6,8-9,12,18,22,26H,2-4,7,10-11H2,1H3,(H4-,25,27,28,32,33,34,36,37)/p+1/b29-17-/t18-,22-/m1/s1. The highest BCUT2D eigenvalue weighted by molar-refractivity contribution is 8.01. The van der Waals surface area contributed by atoms with Gasteiger partial charge in [0.1, 0.15) is 29.9 Å². The number of β-lactam (4-membered cyclic amide) rings is 1. The second-order valence-corrected chi connectivity index (χ2v) is 11.8. The fraction of sp³-hybridized carbons (Fsp3) is 0.375. The Labute approximate surface area is 247 Å². The average Bonchev–Trinajstić information content (AvgIpc) is 3.38. The molecule has 0 unspecified atom stereocenters. The second kappa shape index (κ2) is 13.7. The Morgan fingerprint density at radius 3 is 2.68 bits per heavy atom. The number of unbranched alkanes of at least 4 members (excludes halogenated alkanes) is 1. The van der Waals surface area contributed by atoms with E-state index >= 15 is 0 Å². The van der Waals surface area contributed by atoms with E-state index in [1.807, 2.05) is 24.5 Å². The minimum atomic E-state index is -1.21.